The van der Waals surface area contributed by atoms with Crippen molar-refractivity contribution in [1.29, 1.82) is 0 Å². The van der Waals surface area contributed by atoms with Gasteiger partial charge in [0.05, 0.1) is 11.4 Å². The summed E-state index contributed by atoms with van der Waals surface area (Å²) in [6.07, 6.45) is 0. The molecule has 7 nitrogen and oxygen atoms in total. The number of likely N-dealkylation sites (N-methyl/N-ethyl adjacent to an activating group) is 1. The summed E-state index contributed by atoms with van der Waals surface area (Å²) in [5.74, 6) is 0.985. The highest BCUT2D eigenvalue weighted by atomic mass is 32.1. The van der Waals surface area contributed by atoms with Crippen LogP contribution in [-0.4, -0.2) is 37.1 Å². The molecular formula is C23H23N3O4S. The van der Waals surface area contributed by atoms with E-state index in [1.165, 1.54) is 11.3 Å². The second-order valence-electron chi connectivity index (χ2n) is 7.38. The summed E-state index contributed by atoms with van der Waals surface area (Å²) in [6.45, 7) is 5.86. The number of nitrogens with zero attached hydrogens (tertiary/aromatic N) is 2. The lowest BCUT2D eigenvalue weighted by Gasteiger charge is -2.26. The SMILES string of the molecule is Cc1cccc(OCC(=O)Nc2nc(-c3ccc4c(c3)N(C)C(=O)CO4)c(C)s2)c1C. The van der Waals surface area contributed by atoms with Gasteiger partial charge in [0.25, 0.3) is 11.8 Å². The zero-order valence-electron chi connectivity index (χ0n) is 17.8. The highest BCUT2D eigenvalue weighted by Gasteiger charge is 2.23. The number of carbonyl (C=O) groups is 2. The molecule has 0 bridgehead atoms. The first kappa shape index (κ1) is 20.9. The topological polar surface area (TPSA) is 80.8 Å². The van der Waals surface area contributed by atoms with Crippen LogP contribution in [0.5, 0.6) is 11.5 Å². The number of ether oxygens (including phenoxy) is 2. The van der Waals surface area contributed by atoms with Gasteiger partial charge in [-0.15, -0.1) is 11.3 Å². The Kier molecular flexibility index (Phi) is 5.65. The van der Waals surface area contributed by atoms with Gasteiger partial charge in [-0.25, -0.2) is 4.98 Å². The summed E-state index contributed by atoms with van der Waals surface area (Å²) in [4.78, 5) is 31.4. The predicted octanol–water partition coefficient (Wildman–Crippen LogP) is 4.11. The van der Waals surface area contributed by atoms with Gasteiger partial charge in [-0.3, -0.25) is 14.9 Å². The molecule has 1 aliphatic rings. The number of benzene rings is 2. The lowest BCUT2D eigenvalue weighted by molar-refractivity contribution is -0.121. The Balaban J connectivity index is 1.47. The first-order valence-electron chi connectivity index (χ1n) is 9.83. The zero-order chi connectivity index (χ0) is 22.1. The lowest BCUT2D eigenvalue weighted by Crippen LogP contribution is -2.35. The number of hydrogen-bond donors (Lipinski definition) is 1. The van der Waals surface area contributed by atoms with Gasteiger partial charge in [0.15, 0.2) is 18.3 Å². The van der Waals surface area contributed by atoms with E-state index in [1.807, 2.05) is 57.2 Å². The molecule has 0 fully saturated rings. The van der Waals surface area contributed by atoms with Gasteiger partial charge >= 0.3 is 0 Å². The van der Waals surface area contributed by atoms with Crippen LogP contribution < -0.4 is 19.7 Å². The molecule has 8 heteroatoms. The number of anilines is 2. The van der Waals surface area contributed by atoms with Crippen LogP contribution in [0.3, 0.4) is 0 Å². The van der Waals surface area contributed by atoms with E-state index in [4.69, 9.17) is 9.47 Å². The summed E-state index contributed by atoms with van der Waals surface area (Å²) in [5.41, 5.74) is 4.44. The fourth-order valence-electron chi connectivity index (χ4n) is 3.32. The average Bonchev–Trinajstić information content (AvgIpc) is 3.11. The van der Waals surface area contributed by atoms with E-state index in [9.17, 15) is 9.59 Å². The number of aryl methyl sites for hydroxylation is 2. The number of hydrogen-bond acceptors (Lipinski definition) is 6. The summed E-state index contributed by atoms with van der Waals surface area (Å²) >= 11 is 1.39. The van der Waals surface area contributed by atoms with Crippen LogP contribution in [0, 0.1) is 20.8 Å². The predicted molar refractivity (Wildman–Crippen MR) is 121 cm³/mol. The van der Waals surface area contributed by atoms with Gasteiger partial charge in [-0.1, -0.05) is 12.1 Å². The number of amides is 2. The van der Waals surface area contributed by atoms with Crippen molar-refractivity contribution in [3.05, 3.63) is 52.4 Å². The van der Waals surface area contributed by atoms with Gasteiger partial charge in [-0.05, 0) is 56.2 Å². The molecule has 2 amide bonds. The molecule has 2 heterocycles. The minimum Gasteiger partial charge on any atom is -0.483 e. The quantitative estimate of drug-likeness (QED) is 0.650. The molecule has 0 atom stereocenters. The second kappa shape index (κ2) is 8.39. The number of carbonyl (C=O) groups excluding carboxylic acids is 2. The van der Waals surface area contributed by atoms with Crippen LogP contribution in [0.1, 0.15) is 16.0 Å². The number of nitrogens with one attached hydrogen (secondary N) is 1. The molecule has 0 saturated heterocycles. The van der Waals surface area contributed by atoms with Crippen molar-refractivity contribution >= 4 is 34.0 Å². The van der Waals surface area contributed by atoms with E-state index in [1.54, 1.807) is 11.9 Å². The molecule has 0 unspecified atom stereocenters. The Labute approximate surface area is 184 Å². The summed E-state index contributed by atoms with van der Waals surface area (Å²) in [5, 5.41) is 3.31. The summed E-state index contributed by atoms with van der Waals surface area (Å²) < 4.78 is 11.2. The van der Waals surface area contributed by atoms with Gasteiger partial charge in [0, 0.05) is 17.5 Å². The van der Waals surface area contributed by atoms with E-state index < -0.39 is 0 Å². The first-order valence-corrected chi connectivity index (χ1v) is 10.6. The molecule has 0 saturated carbocycles. The molecule has 1 aromatic heterocycles. The van der Waals surface area contributed by atoms with E-state index >= 15 is 0 Å². The highest BCUT2D eigenvalue weighted by Crippen LogP contribution is 2.37. The average molecular weight is 438 g/mol. The lowest BCUT2D eigenvalue weighted by atomic mass is 10.1. The summed E-state index contributed by atoms with van der Waals surface area (Å²) in [7, 11) is 1.73. The normalized spacial score (nSPS) is 12.9. The molecule has 31 heavy (non-hydrogen) atoms. The van der Waals surface area contributed by atoms with Crippen molar-refractivity contribution in [1.82, 2.24) is 4.98 Å². The van der Waals surface area contributed by atoms with Crippen molar-refractivity contribution in [2.24, 2.45) is 0 Å². The smallest absolute Gasteiger partial charge is 0.264 e. The van der Waals surface area contributed by atoms with Crippen LogP contribution in [-0.2, 0) is 9.59 Å². The molecule has 1 N–H and O–H groups in total. The first-order chi connectivity index (χ1) is 14.8. The molecule has 1 aliphatic heterocycles. The van der Waals surface area contributed by atoms with Crippen molar-refractivity contribution < 1.29 is 19.1 Å². The number of thiazole rings is 1. The minimum absolute atomic E-state index is 0.0406. The Bertz CT molecular complexity index is 1170. The largest absolute Gasteiger partial charge is 0.483 e. The van der Waals surface area contributed by atoms with Crippen LogP contribution in [0.2, 0.25) is 0 Å². The van der Waals surface area contributed by atoms with Crippen molar-refractivity contribution in [3.63, 3.8) is 0 Å². The number of fused-ring (bicyclic) bond motifs is 1. The van der Waals surface area contributed by atoms with Gasteiger partial charge in [0.2, 0.25) is 0 Å². The van der Waals surface area contributed by atoms with E-state index in [2.05, 4.69) is 10.3 Å². The number of aromatic nitrogens is 1. The Hall–Kier alpha value is -3.39. The standard InChI is InChI=1S/C23H23N3O4S/c1-13-6-5-7-18(14(13)2)29-11-20(27)24-23-25-22(15(3)31-23)16-8-9-19-17(10-16)26(4)21(28)12-30-19/h5-10H,11-12H2,1-4H3,(H,24,25,27). The third-order valence-corrected chi connectivity index (χ3v) is 6.16. The van der Waals surface area contributed by atoms with E-state index in [0.717, 1.165) is 27.3 Å². The van der Waals surface area contributed by atoms with Crippen molar-refractivity contribution in [2.75, 3.05) is 30.5 Å². The molecule has 2 aromatic carbocycles. The van der Waals surface area contributed by atoms with Crippen LogP contribution in [0.15, 0.2) is 36.4 Å². The Morgan fingerprint density at radius 2 is 2.06 bits per heavy atom. The molecule has 0 aliphatic carbocycles. The molecule has 160 valence electrons. The maximum atomic E-state index is 12.4. The van der Waals surface area contributed by atoms with Gasteiger partial charge in [-0.2, -0.15) is 0 Å². The van der Waals surface area contributed by atoms with E-state index in [0.29, 0.717) is 22.3 Å². The van der Waals surface area contributed by atoms with Gasteiger partial charge < -0.3 is 14.4 Å². The van der Waals surface area contributed by atoms with Gasteiger partial charge in [0.1, 0.15) is 11.5 Å². The number of rotatable bonds is 5. The van der Waals surface area contributed by atoms with Crippen molar-refractivity contribution in [2.45, 2.75) is 20.8 Å². The maximum absolute atomic E-state index is 12.4. The fourth-order valence-corrected chi connectivity index (χ4v) is 4.17. The molecular weight excluding hydrogens is 414 g/mol. The molecule has 4 rings (SSSR count). The molecule has 0 spiro atoms. The highest BCUT2D eigenvalue weighted by molar-refractivity contribution is 7.16. The third kappa shape index (κ3) is 4.25. The third-order valence-electron chi connectivity index (χ3n) is 5.28. The van der Waals surface area contributed by atoms with Crippen LogP contribution in [0.4, 0.5) is 10.8 Å². The van der Waals surface area contributed by atoms with Crippen LogP contribution >= 0.6 is 11.3 Å². The second-order valence-corrected chi connectivity index (χ2v) is 8.59. The summed E-state index contributed by atoms with van der Waals surface area (Å²) in [6, 6.07) is 11.4. The molecule has 0 radical (unpaired) electrons. The van der Waals surface area contributed by atoms with E-state index in [-0.39, 0.29) is 25.0 Å². The zero-order valence-corrected chi connectivity index (χ0v) is 18.6. The van der Waals surface area contributed by atoms with Crippen LogP contribution in [0.25, 0.3) is 11.3 Å². The Morgan fingerprint density at radius 3 is 2.87 bits per heavy atom. The Morgan fingerprint density at radius 1 is 1.26 bits per heavy atom. The van der Waals surface area contributed by atoms with Crippen molar-refractivity contribution in [3.8, 4) is 22.8 Å². The maximum Gasteiger partial charge on any atom is 0.264 e. The monoisotopic (exact) mass is 437 g/mol. The molecule has 3 aromatic rings. The fraction of sp³-hybridized carbons (Fsp3) is 0.261. The minimum atomic E-state index is -0.273.